The maximum atomic E-state index is 11.0. The molecule has 0 heterocycles. The molecule has 0 fully saturated rings. The van der Waals surface area contributed by atoms with Crippen molar-refractivity contribution in [1.29, 1.82) is 0 Å². The minimum atomic E-state index is 0.0126. The van der Waals surface area contributed by atoms with Gasteiger partial charge in [-0.3, -0.25) is 9.83 Å². The van der Waals surface area contributed by atoms with Gasteiger partial charge in [0.1, 0.15) is 0 Å². The lowest BCUT2D eigenvalue weighted by atomic mass is 10.3. The van der Waals surface area contributed by atoms with E-state index in [4.69, 9.17) is 0 Å². The molecule has 1 amide bonds. The van der Waals surface area contributed by atoms with Crippen LogP contribution in [0.25, 0.3) is 0 Å². The Balaban J connectivity index is 3.64. The molecular weight excluding hydrogens is 194 g/mol. The summed E-state index contributed by atoms with van der Waals surface area (Å²) in [5, 5.41) is 12.6. The maximum absolute atomic E-state index is 11.0. The van der Waals surface area contributed by atoms with Crippen molar-refractivity contribution in [3.05, 3.63) is 0 Å². The van der Waals surface area contributed by atoms with Gasteiger partial charge >= 0.3 is 0 Å². The zero-order chi connectivity index (χ0) is 10.3. The molecule has 0 saturated carbocycles. The third kappa shape index (κ3) is 5.87. The van der Waals surface area contributed by atoms with Gasteiger partial charge in [0.15, 0.2) is 0 Å². The van der Waals surface area contributed by atoms with Crippen molar-refractivity contribution >= 4 is 17.9 Å². The van der Waals surface area contributed by atoms with Crippen LogP contribution in [0.5, 0.6) is 0 Å². The van der Waals surface area contributed by atoms with Gasteiger partial charge in [-0.15, -0.1) is 0 Å². The molecule has 0 aromatic rings. The van der Waals surface area contributed by atoms with Gasteiger partial charge in [0.05, 0.1) is 0 Å². The summed E-state index contributed by atoms with van der Waals surface area (Å²) in [6, 6.07) is 0.159. The second-order valence-electron chi connectivity index (χ2n) is 2.76. The molecule has 0 saturated heterocycles. The molecule has 0 radical (unpaired) electrons. The molecular formula is C7H14NO4S-. The van der Waals surface area contributed by atoms with Gasteiger partial charge in [0.2, 0.25) is 5.91 Å². The fraction of sp³-hybridized carbons (Fsp3) is 0.857. The largest absolute Gasteiger partial charge is 0.691 e. The van der Waals surface area contributed by atoms with Gasteiger partial charge in [-0.1, -0.05) is 0 Å². The lowest BCUT2D eigenvalue weighted by Crippen LogP contribution is -2.36. The first-order valence-corrected chi connectivity index (χ1v) is 4.86. The van der Waals surface area contributed by atoms with E-state index in [1.165, 1.54) is 6.92 Å². The van der Waals surface area contributed by atoms with E-state index in [0.717, 1.165) is 12.0 Å². The van der Waals surface area contributed by atoms with Crippen molar-refractivity contribution in [1.82, 2.24) is 4.90 Å². The molecule has 0 aromatic carbocycles. The summed E-state index contributed by atoms with van der Waals surface area (Å²) in [6.07, 6.45) is 0. The quantitative estimate of drug-likeness (QED) is 0.268. The third-order valence-electron chi connectivity index (χ3n) is 1.52. The molecule has 13 heavy (non-hydrogen) atoms. The minimum absolute atomic E-state index is 0.0126. The summed E-state index contributed by atoms with van der Waals surface area (Å²) in [4.78, 5) is 12.7. The summed E-state index contributed by atoms with van der Waals surface area (Å²) in [6.45, 7) is 5.91. The Kier molecular flexibility index (Phi) is 6.97. The van der Waals surface area contributed by atoms with Crippen molar-refractivity contribution in [2.24, 2.45) is 0 Å². The molecule has 0 spiro atoms. The molecule has 0 atom stereocenters. The first-order valence-electron chi connectivity index (χ1n) is 3.95. The van der Waals surface area contributed by atoms with Gasteiger partial charge in [0, 0.05) is 37.3 Å². The van der Waals surface area contributed by atoms with Crippen LogP contribution in [-0.2, 0) is 14.2 Å². The Morgan fingerprint density at radius 2 is 2.23 bits per heavy atom. The normalized spacial score (nSPS) is 10.5. The number of hydrogen-bond acceptors (Lipinski definition) is 5. The fourth-order valence-electron chi connectivity index (χ4n) is 0.969. The van der Waals surface area contributed by atoms with Crippen LogP contribution in [0.1, 0.15) is 20.8 Å². The molecule has 78 valence electrons. The van der Waals surface area contributed by atoms with E-state index in [1.54, 1.807) is 4.90 Å². The molecule has 0 unspecified atom stereocenters. The monoisotopic (exact) mass is 208 g/mol. The van der Waals surface area contributed by atoms with Crippen LogP contribution < -0.4 is 5.26 Å². The molecule has 0 N–H and O–H groups in total. The van der Waals surface area contributed by atoms with Crippen molar-refractivity contribution in [3.63, 3.8) is 0 Å². The van der Waals surface area contributed by atoms with Gasteiger partial charge in [0.25, 0.3) is 0 Å². The van der Waals surface area contributed by atoms with E-state index in [2.05, 4.69) is 9.37 Å². The highest BCUT2D eigenvalue weighted by molar-refractivity contribution is 7.94. The van der Waals surface area contributed by atoms with Crippen LogP contribution in [0.15, 0.2) is 0 Å². The average molecular weight is 208 g/mol. The topological polar surface area (TPSA) is 61.8 Å². The summed E-state index contributed by atoms with van der Waals surface area (Å²) < 4.78 is 4.07. The van der Waals surface area contributed by atoms with E-state index in [-0.39, 0.29) is 11.9 Å². The fourth-order valence-corrected chi connectivity index (χ4v) is 1.35. The van der Waals surface area contributed by atoms with Crippen LogP contribution in [0, 0.1) is 0 Å². The molecule has 6 heteroatoms. The van der Waals surface area contributed by atoms with Gasteiger partial charge in [-0.25, -0.2) is 0 Å². The SMILES string of the molecule is CC(=O)N(CCSOO[O-])C(C)C. The van der Waals surface area contributed by atoms with Gasteiger partial charge < -0.3 is 10.2 Å². The first-order chi connectivity index (χ1) is 6.09. The van der Waals surface area contributed by atoms with Crippen molar-refractivity contribution in [2.45, 2.75) is 26.8 Å². The minimum Gasteiger partial charge on any atom is -0.691 e. The first kappa shape index (κ1) is 12.7. The Morgan fingerprint density at radius 1 is 1.62 bits per heavy atom. The molecule has 0 bridgehead atoms. The lowest BCUT2D eigenvalue weighted by molar-refractivity contribution is -0.777. The third-order valence-corrected chi connectivity index (χ3v) is 2.02. The highest BCUT2D eigenvalue weighted by atomic mass is 32.2. The van der Waals surface area contributed by atoms with Crippen molar-refractivity contribution < 1.29 is 19.4 Å². The van der Waals surface area contributed by atoms with Crippen LogP contribution in [0.4, 0.5) is 0 Å². The Hall–Kier alpha value is -0.300. The maximum Gasteiger partial charge on any atom is 0.219 e. The second kappa shape index (κ2) is 7.14. The van der Waals surface area contributed by atoms with Crippen molar-refractivity contribution in [2.75, 3.05) is 12.3 Å². The van der Waals surface area contributed by atoms with Crippen molar-refractivity contribution in [3.8, 4) is 0 Å². The molecule has 0 rings (SSSR count). The smallest absolute Gasteiger partial charge is 0.219 e. The number of hydrogen-bond donors (Lipinski definition) is 0. The van der Waals surface area contributed by atoms with E-state index < -0.39 is 0 Å². The van der Waals surface area contributed by atoms with Crippen LogP contribution in [0.2, 0.25) is 0 Å². The number of rotatable bonds is 6. The van der Waals surface area contributed by atoms with E-state index in [1.807, 2.05) is 13.8 Å². The summed E-state index contributed by atoms with van der Waals surface area (Å²) in [5.41, 5.74) is 0. The highest BCUT2D eigenvalue weighted by Gasteiger charge is 2.11. The van der Waals surface area contributed by atoms with E-state index in [9.17, 15) is 10.1 Å². The molecule has 5 nitrogen and oxygen atoms in total. The predicted molar refractivity (Wildman–Crippen MR) is 47.2 cm³/mol. The van der Waals surface area contributed by atoms with E-state index >= 15 is 0 Å². The number of nitrogens with zero attached hydrogens (tertiary/aromatic N) is 1. The Labute approximate surface area is 82.1 Å². The standard InChI is InChI=1S/C7H15NO4S/c1-6(2)8(7(3)9)4-5-13-12-11-10/h6,10H,4-5H2,1-3H3/p-1. The average Bonchev–Trinajstić information content (AvgIpc) is 2.02. The van der Waals surface area contributed by atoms with Crippen LogP contribution in [-0.4, -0.2) is 29.1 Å². The van der Waals surface area contributed by atoms with E-state index in [0.29, 0.717) is 12.3 Å². The lowest BCUT2D eigenvalue weighted by Gasteiger charge is -2.24. The van der Waals surface area contributed by atoms with Gasteiger partial charge in [-0.2, -0.15) is 4.33 Å². The molecule has 0 aliphatic rings. The summed E-state index contributed by atoms with van der Waals surface area (Å²) in [5.74, 6) is 0.527. The van der Waals surface area contributed by atoms with Gasteiger partial charge in [-0.05, 0) is 13.8 Å². The molecule has 0 aliphatic heterocycles. The predicted octanol–water partition coefficient (Wildman–Crippen LogP) is 0.115. The Bertz CT molecular complexity index is 153. The molecule has 0 aliphatic carbocycles. The summed E-state index contributed by atoms with van der Waals surface area (Å²) in [7, 11) is 0. The van der Waals surface area contributed by atoms with Crippen LogP contribution in [0.3, 0.4) is 0 Å². The highest BCUT2D eigenvalue weighted by Crippen LogP contribution is 2.05. The number of carbonyl (C=O) groups is 1. The summed E-state index contributed by atoms with van der Waals surface area (Å²) >= 11 is 0.888. The zero-order valence-corrected chi connectivity index (χ0v) is 8.80. The van der Waals surface area contributed by atoms with Crippen LogP contribution >= 0.6 is 12.0 Å². The molecule has 0 aromatic heterocycles. The Morgan fingerprint density at radius 3 is 2.62 bits per heavy atom. The number of amides is 1. The second-order valence-corrected chi connectivity index (χ2v) is 3.54. The zero-order valence-electron chi connectivity index (χ0n) is 7.98. The number of carbonyl (C=O) groups excluding carboxylic acids is 1.